The first-order valence-electron chi connectivity index (χ1n) is 11.3. The maximum atomic E-state index is 12.7. The van der Waals surface area contributed by atoms with Gasteiger partial charge in [0, 0.05) is 23.0 Å². The SMILES string of the molecule is CC(C)Oc1cccc(CNC(=O)C2CCN(Cc3nc(-c4cccc(Cl)c4)no3)CC2)c1. The van der Waals surface area contributed by atoms with Crippen LogP contribution in [0, 0.1) is 5.92 Å². The molecule has 1 amide bonds. The van der Waals surface area contributed by atoms with E-state index < -0.39 is 0 Å². The lowest BCUT2D eigenvalue weighted by atomic mass is 9.96. The maximum absolute atomic E-state index is 12.7. The average Bonchev–Trinajstić information content (AvgIpc) is 3.26. The third-order valence-corrected chi connectivity index (χ3v) is 5.84. The number of likely N-dealkylation sites (tertiary alicyclic amines) is 1. The molecular formula is C25H29ClN4O3. The first-order valence-corrected chi connectivity index (χ1v) is 11.7. The molecule has 0 radical (unpaired) electrons. The maximum Gasteiger partial charge on any atom is 0.241 e. The van der Waals surface area contributed by atoms with Gasteiger partial charge in [-0.05, 0) is 69.6 Å². The molecule has 2 heterocycles. The van der Waals surface area contributed by atoms with Crippen LogP contribution in [0.5, 0.6) is 5.75 Å². The van der Waals surface area contributed by atoms with Gasteiger partial charge in [0.15, 0.2) is 0 Å². The van der Waals surface area contributed by atoms with Crippen molar-refractivity contribution in [3.63, 3.8) is 0 Å². The Morgan fingerprint density at radius 3 is 2.76 bits per heavy atom. The first kappa shape index (κ1) is 23.3. The molecular weight excluding hydrogens is 440 g/mol. The molecule has 1 N–H and O–H groups in total. The van der Waals surface area contributed by atoms with Crippen molar-refractivity contribution >= 4 is 17.5 Å². The standard InChI is InChI=1S/C25H29ClN4O3/c1-17(2)32-22-8-3-5-18(13-22)15-27-25(31)19-9-11-30(12-10-19)16-23-28-24(29-33-23)20-6-4-7-21(26)14-20/h3-8,13-14,17,19H,9-12,15-16H2,1-2H3,(H,27,31). The summed E-state index contributed by atoms with van der Waals surface area (Å²) in [6.07, 6.45) is 1.73. The Balaban J connectivity index is 1.23. The van der Waals surface area contributed by atoms with Gasteiger partial charge >= 0.3 is 0 Å². The van der Waals surface area contributed by atoms with Crippen molar-refractivity contribution in [1.29, 1.82) is 0 Å². The van der Waals surface area contributed by atoms with E-state index in [0.29, 0.717) is 29.8 Å². The largest absolute Gasteiger partial charge is 0.491 e. The molecule has 1 aliphatic rings. The van der Waals surface area contributed by atoms with E-state index in [0.717, 1.165) is 42.8 Å². The van der Waals surface area contributed by atoms with Gasteiger partial charge in [0.25, 0.3) is 0 Å². The predicted octanol–water partition coefficient (Wildman–Crippen LogP) is 4.71. The molecule has 0 atom stereocenters. The summed E-state index contributed by atoms with van der Waals surface area (Å²) in [6.45, 7) is 6.69. The fraction of sp³-hybridized carbons (Fsp3) is 0.400. The molecule has 0 saturated carbocycles. The van der Waals surface area contributed by atoms with Crippen molar-refractivity contribution in [3.8, 4) is 17.1 Å². The number of rotatable bonds is 8. The van der Waals surface area contributed by atoms with Gasteiger partial charge in [0.1, 0.15) is 5.75 Å². The lowest BCUT2D eigenvalue weighted by molar-refractivity contribution is -0.126. The number of ether oxygens (including phenoxy) is 1. The summed E-state index contributed by atoms with van der Waals surface area (Å²) in [6, 6.07) is 15.2. The van der Waals surface area contributed by atoms with Gasteiger partial charge in [-0.1, -0.05) is 41.0 Å². The number of aromatic nitrogens is 2. The van der Waals surface area contributed by atoms with Crippen molar-refractivity contribution in [2.45, 2.75) is 45.9 Å². The third kappa shape index (κ3) is 6.55. The highest BCUT2D eigenvalue weighted by Crippen LogP contribution is 2.22. The Hall–Kier alpha value is -2.90. The molecule has 4 rings (SSSR count). The lowest BCUT2D eigenvalue weighted by Crippen LogP contribution is -2.40. The van der Waals surface area contributed by atoms with Crippen LogP contribution in [0.1, 0.15) is 38.1 Å². The summed E-state index contributed by atoms with van der Waals surface area (Å²) < 4.78 is 11.2. The lowest BCUT2D eigenvalue weighted by Gasteiger charge is -2.30. The van der Waals surface area contributed by atoms with E-state index in [1.165, 1.54) is 0 Å². The van der Waals surface area contributed by atoms with E-state index in [2.05, 4.69) is 20.4 Å². The van der Waals surface area contributed by atoms with Crippen molar-refractivity contribution in [2.75, 3.05) is 13.1 Å². The Morgan fingerprint density at radius 2 is 2.00 bits per heavy atom. The molecule has 2 aromatic carbocycles. The van der Waals surface area contributed by atoms with E-state index >= 15 is 0 Å². The monoisotopic (exact) mass is 468 g/mol. The van der Waals surface area contributed by atoms with Gasteiger partial charge in [0.2, 0.25) is 17.6 Å². The predicted molar refractivity (Wildman–Crippen MR) is 127 cm³/mol. The zero-order valence-electron chi connectivity index (χ0n) is 19.0. The fourth-order valence-corrected chi connectivity index (χ4v) is 4.13. The van der Waals surface area contributed by atoms with Crippen LogP contribution in [0.25, 0.3) is 11.4 Å². The van der Waals surface area contributed by atoms with Gasteiger partial charge in [-0.25, -0.2) is 0 Å². The number of benzene rings is 2. The number of amides is 1. The molecule has 0 unspecified atom stereocenters. The Morgan fingerprint density at radius 1 is 1.21 bits per heavy atom. The zero-order chi connectivity index (χ0) is 23.2. The second-order valence-electron chi connectivity index (χ2n) is 8.60. The molecule has 0 spiro atoms. The summed E-state index contributed by atoms with van der Waals surface area (Å²) in [7, 11) is 0. The summed E-state index contributed by atoms with van der Waals surface area (Å²) in [5.74, 6) is 2.04. The minimum Gasteiger partial charge on any atom is -0.491 e. The van der Waals surface area contributed by atoms with Crippen LogP contribution in [-0.2, 0) is 17.9 Å². The van der Waals surface area contributed by atoms with Crippen LogP contribution < -0.4 is 10.1 Å². The molecule has 1 saturated heterocycles. The first-order chi connectivity index (χ1) is 16.0. The van der Waals surface area contributed by atoms with Gasteiger partial charge in [-0.3, -0.25) is 9.69 Å². The van der Waals surface area contributed by atoms with E-state index in [9.17, 15) is 4.79 Å². The number of hydrogen-bond acceptors (Lipinski definition) is 6. The number of carbonyl (C=O) groups is 1. The molecule has 1 aliphatic heterocycles. The second-order valence-corrected chi connectivity index (χ2v) is 9.04. The zero-order valence-corrected chi connectivity index (χ0v) is 19.7. The van der Waals surface area contributed by atoms with Crippen molar-refractivity contribution in [1.82, 2.24) is 20.4 Å². The topological polar surface area (TPSA) is 80.5 Å². The van der Waals surface area contributed by atoms with Gasteiger partial charge < -0.3 is 14.6 Å². The van der Waals surface area contributed by atoms with Crippen molar-refractivity contribution < 1.29 is 14.1 Å². The highest BCUT2D eigenvalue weighted by molar-refractivity contribution is 6.30. The van der Waals surface area contributed by atoms with Gasteiger partial charge in [-0.2, -0.15) is 4.98 Å². The summed E-state index contributed by atoms with van der Waals surface area (Å²) in [4.78, 5) is 19.4. The Labute approximate surface area is 199 Å². The molecule has 174 valence electrons. The second kappa shape index (κ2) is 10.8. The van der Waals surface area contributed by atoms with Crippen LogP contribution in [0.2, 0.25) is 5.02 Å². The van der Waals surface area contributed by atoms with Crippen molar-refractivity contribution in [3.05, 3.63) is 65.0 Å². The van der Waals surface area contributed by atoms with E-state index in [1.807, 2.05) is 62.4 Å². The highest BCUT2D eigenvalue weighted by atomic mass is 35.5. The molecule has 0 aliphatic carbocycles. The third-order valence-electron chi connectivity index (χ3n) is 5.61. The molecule has 33 heavy (non-hydrogen) atoms. The minimum atomic E-state index is 0.0149. The average molecular weight is 469 g/mol. The van der Waals surface area contributed by atoms with Gasteiger partial charge in [0.05, 0.1) is 12.6 Å². The fourth-order valence-electron chi connectivity index (χ4n) is 3.94. The van der Waals surface area contributed by atoms with Crippen LogP contribution in [0.3, 0.4) is 0 Å². The van der Waals surface area contributed by atoms with E-state index in [4.69, 9.17) is 20.9 Å². The molecule has 1 aromatic heterocycles. The molecule has 8 heteroatoms. The smallest absolute Gasteiger partial charge is 0.241 e. The molecule has 0 bridgehead atoms. The number of piperidine rings is 1. The number of nitrogens with one attached hydrogen (secondary N) is 1. The Kier molecular flexibility index (Phi) is 7.62. The van der Waals surface area contributed by atoms with Crippen molar-refractivity contribution in [2.24, 2.45) is 5.92 Å². The molecule has 3 aromatic rings. The van der Waals surface area contributed by atoms with Crippen LogP contribution in [-0.4, -0.2) is 40.1 Å². The Bertz CT molecular complexity index is 1080. The highest BCUT2D eigenvalue weighted by Gasteiger charge is 2.26. The van der Waals surface area contributed by atoms with Crippen LogP contribution in [0.15, 0.2) is 53.1 Å². The summed E-state index contributed by atoms with van der Waals surface area (Å²) in [5, 5.41) is 7.78. The quantitative estimate of drug-likeness (QED) is 0.516. The normalized spacial score (nSPS) is 15.0. The number of hydrogen-bond donors (Lipinski definition) is 1. The molecule has 1 fully saturated rings. The summed E-state index contributed by atoms with van der Waals surface area (Å²) in [5.41, 5.74) is 1.86. The number of nitrogens with zero attached hydrogens (tertiary/aromatic N) is 3. The number of halogens is 1. The van der Waals surface area contributed by atoms with E-state index in [-0.39, 0.29) is 17.9 Å². The number of carbonyl (C=O) groups excluding carboxylic acids is 1. The van der Waals surface area contributed by atoms with Crippen LogP contribution in [0.4, 0.5) is 0 Å². The minimum absolute atomic E-state index is 0.0149. The van der Waals surface area contributed by atoms with E-state index in [1.54, 1.807) is 0 Å². The van der Waals surface area contributed by atoms with Crippen LogP contribution >= 0.6 is 11.6 Å². The molecule has 7 nitrogen and oxygen atoms in total. The summed E-state index contributed by atoms with van der Waals surface area (Å²) >= 11 is 6.05. The van der Waals surface area contributed by atoms with Gasteiger partial charge in [-0.15, -0.1) is 0 Å².